The Morgan fingerprint density at radius 1 is 0.765 bits per heavy atom. The molecule has 2 aromatic carbocycles. The molecule has 0 N–H and O–H groups in total. The summed E-state index contributed by atoms with van der Waals surface area (Å²) in [6.45, 7) is 6.17. The molecule has 0 unspecified atom stereocenters. The molecule has 0 heterocycles. The minimum atomic E-state index is 1.19. The van der Waals surface area contributed by atoms with Crippen molar-refractivity contribution in [2.45, 2.75) is 33.6 Å². The first-order chi connectivity index (χ1) is 8.34. The van der Waals surface area contributed by atoms with E-state index in [9.17, 15) is 0 Å². The molecule has 0 saturated carbocycles. The molecule has 0 radical (unpaired) electrons. The monoisotopic (exact) mass is 224 g/mol. The third-order valence-electron chi connectivity index (χ3n) is 3.23. The number of benzene rings is 2. The second-order valence-electron chi connectivity index (χ2n) is 4.32. The van der Waals surface area contributed by atoms with Crippen LogP contribution < -0.4 is 0 Å². The zero-order valence-electron chi connectivity index (χ0n) is 11.0. The fraction of sp³-hybridized carbons (Fsp3) is 0.294. The van der Waals surface area contributed by atoms with E-state index in [0.29, 0.717) is 0 Å². The molecule has 0 fully saturated rings. The molecule has 0 atom stereocenters. The lowest BCUT2D eigenvalue weighted by molar-refractivity contribution is 0.940. The maximum Gasteiger partial charge on any atom is -0.0149 e. The molecule has 0 aliphatic heterocycles. The SMILES string of the molecule is CC.Cc1ccc2c(c1)CCc1ccccc1-2. The molecule has 0 nitrogen and oxygen atoms in total. The van der Waals surface area contributed by atoms with E-state index in [2.05, 4.69) is 49.4 Å². The maximum atomic E-state index is 2.32. The first-order valence-electron chi connectivity index (χ1n) is 6.52. The Bertz CT molecular complexity index is 509. The van der Waals surface area contributed by atoms with Gasteiger partial charge in [-0.3, -0.25) is 0 Å². The van der Waals surface area contributed by atoms with Crippen molar-refractivity contribution in [1.29, 1.82) is 0 Å². The largest absolute Gasteiger partial charge is 0.0683 e. The van der Waals surface area contributed by atoms with Crippen molar-refractivity contribution in [3.8, 4) is 11.1 Å². The van der Waals surface area contributed by atoms with Crippen molar-refractivity contribution < 1.29 is 0 Å². The molecule has 0 heteroatoms. The molecule has 0 bridgehead atoms. The van der Waals surface area contributed by atoms with Gasteiger partial charge >= 0.3 is 0 Å². The van der Waals surface area contributed by atoms with Crippen molar-refractivity contribution >= 4 is 0 Å². The van der Waals surface area contributed by atoms with Crippen LogP contribution in [0.1, 0.15) is 30.5 Å². The van der Waals surface area contributed by atoms with Crippen LogP contribution >= 0.6 is 0 Å². The van der Waals surface area contributed by atoms with E-state index in [-0.39, 0.29) is 0 Å². The zero-order chi connectivity index (χ0) is 12.3. The molecule has 0 saturated heterocycles. The van der Waals surface area contributed by atoms with Gasteiger partial charge in [0.2, 0.25) is 0 Å². The van der Waals surface area contributed by atoms with Crippen LogP contribution in [-0.4, -0.2) is 0 Å². The average Bonchev–Trinajstić information content (AvgIpc) is 2.40. The molecule has 17 heavy (non-hydrogen) atoms. The lowest BCUT2D eigenvalue weighted by Gasteiger charge is -2.19. The van der Waals surface area contributed by atoms with Crippen LogP contribution in [0.4, 0.5) is 0 Å². The highest BCUT2D eigenvalue weighted by atomic mass is 14.2. The van der Waals surface area contributed by atoms with Gasteiger partial charge in [-0.15, -0.1) is 0 Å². The predicted octanol–water partition coefficient (Wildman–Crippen LogP) is 4.79. The van der Waals surface area contributed by atoms with Crippen molar-refractivity contribution in [2.75, 3.05) is 0 Å². The van der Waals surface area contributed by atoms with Crippen molar-refractivity contribution in [1.82, 2.24) is 0 Å². The molecule has 1 aliphatic rings. The van der Waals surface area contributed by atoms with Gasteiger partial charge < -0.3 is 0 Å². The van der Waals surface area contributed by atoms with Crippen molar-refractivity contribution in [2.24, 2.45) is 0 Å². The minimum absolute atomic E-state index is 1.19. The lowest BCUT2D eigenvalue weighted by atomic mass is 9.85. The van der Waals surface area contributed by atoms with E-state index >= 15 is 0 Å². The molecule has 0 amide bonds. The second kappa shape index (κ2) is 5.18. The van der Waals surface area contributed by atoms with Crippen LogP contribution in [0.15, 0.2) is 42.5 Å². The third kappa shape index (κ3) is 2.26. The van der Waals surface area contributed by atoms with Crippen LogP contribution in [0, 0.1) is 6.92 Å². The fourth-order valence-corrected chi connectivity index (χ4v) is 2.46. The lowest BCUT2D eigenvalue weighted by Crippen LogP contribution is -2.03. The summed E-state index contributed by atoms with van der Waals surface area (Å²) in [5, 5.41) is 0. The van der Waals surface area contributed by atoms with Crippen LogP contribution in [-0.2, 0) is 12.8 Å². The maximum absolute atomic E-state index is 2.32. The summed E-state index contributed by atoms with van der Waals surface area (Å²) in [5.74, 6) is 0. The van der Waals surface area contributed by atoms with Crippen LogP contribution in [0.25, 0.3) is 11.1 Å². The fourth-order valence-electron chi connectivity index (χ4n) is 2.46. The van der Waals surface area contributed by atoms with E-state index in [0.717, 1.165) is 0 Å². The Kier molecular flexibility index (Phi) is 3.63. The molecular formula is C17H20. The molecule has 88 valence electrons. The molecular weight excluding hydrogens is 204 g/mol. The van der Waals surface area contributed by atoms with Crippen LogP contribution in [0.5, 0.6) is 0 Å². The normalized spacial score (nSPS) is 11.9. The van der Waals surface area contributed by atoms with Gasteiger partial charge in [-0.1, -0.05) is 61.9 Å². The highest BCUT2D eigenvalue weighted by Gasteiger charge is 2.14. The number of fused-ring (bicyclic) bond motifs is 3. The predicted molar refractivity (Wildman–Crippen MR) is 75.4 cm³/mol. The highest BCUT2D eigenvalue weighted by Crippen LogP contribution is 2.33. The van der Waals surface area contributed by atoms with Crippen LogP contribution in [0.2, 0.25) is 0 Å². The van der Waals surface area contributed by atoms with Gasteiger partial charge in [-0.2, -0.15) is 0 Å². The molecule has 2 aromatic rings. The summed E-state index contributed by atoms with van der Waals surface area (Å²) >= 11 is 0. The molecule has 3 rings (SSSR count). The Balaban J connectivity index is 0.000000514. The number of rotatable bonds is 0. The number of aryl methyl sites for hydroxylation is 3. The topological polar surface area (TPSA) is 0 Å². The van der Waals surface area contributed by atoms with E-state index in [4.69, 9.17) is 0 Å². The highest BCUT2D eigenvalue weighted by molar-refractivity contribution is 5.73. The zero-order valence-corrected chi connectivity index (χ0v) is 11.0. The van der Waals surface area contributed by atoms with E-state index in [1.165, 1.54) is 40.7 Å². The standard InChI is InChI=1S/C15H14.C2H6/c1-11-6-9-15-13(10-11)8-7-12-4-2-3-5-14(12)15;1-2/h2-6,9-10H,7-8H2,1H3;1-2H3. The average molecular weight is 224 g/mol. The summed E-state index contributed by atoms with van der Waals surface area (Å²) in [7, 11) is 0. The van der Waals surface area contributed by atoms with E-state index < -0.39 is 0 Å². The second-order valence-corrected chi connectivity index (χ2v) is 4.32. The van der Waals surface area contributed by atoms with Gasteiger partial charge in [0.15, 0.2) is 0 Å². The number of hydrogen-bond donors (Lipinski definition) is 0. The van der Waals surface area contributed by atoms with E-state index in [1.807, 2.05) is 13.8 Å². The van der Waals surface area contributed by atoms with Gasteiger partial charge in [-0.05, 0) is 42.0 Å². The summed E-state index contributed by atoms with van der Waals surface area (Å²) in [4.78, 5) is 0. The summed E-state index contributed by atoms with van der Waals surface area (Å²) in [5.41, 5.74) is 7.23. The smallest absolute Gasteiger partial charge is 0.0149 e. The van der Waals surface area contributed by atoms with Gasteiger partial charge in [0.05, 0.1) is 0 Å². The van der Waals surface area contributed by atoms with Gasteiger partial charge in [-0.25, -0.2) is 0 Å². The number of hydrogen-bond acceptors (Lipinski definition) is 0. The third-order valence-corrected chi connectivity index (χ3v) is 3.23. The summed E-state index contributed by atoms with van der Waals surface area (Å²) < 4.78 is 0. The summed E-state index contributed by atoms with van der Waals surface area (Å²) in [6, 6.07) is 15.6. The first-order valence-corrected chi connectivity index (χ1v) is 6.52. The quantitative estimate of drug-likeness (QED) is 0.603. The Labute approximate surface area is 104 Å². The van der Waals surface area contributed by atoms with Gasteiger partial charge in [0.25, 0.3) is 0 Å². The van der Waals surface area contributed by atoms with Crippen molar-refractivity contribution in [3.05, 3.63) is 59.2 Å². The Hall–Kier alpha value is -1.56. The van der Waals surface area contributed by atoms with Gasteiger partial charge in [0, 0.05) is 0 Å². The Morgan fingerprint density at radius 2 is 1.41 bits per heavy atom. The molecule has 0 spiro atoms. The Morgan fingerprint density at radius 3 is 2.24 bits per heavy atom. The first kappa shape index (κ1) is 11.9. The minimum Gasteiger partial charge on any atom is -0.0683 e. The van der Waals surface area contributed by atoms with E-state index in [1.54, 1.807) is 0 Å². The van der Waals surface area contributed by atoms with Crippen molar-refractivity contribution in [3.63, 3.8) is 0 Å². The molecule has 1 aliphatic carbocycles. The van der Waals surface area contributed by atoms with Gasteiger partial charge in [0.1, 0.15) is 0 Å². The van der Waals surface area contributed by atoms with Crippen LogP contribution in [0.3, 0.4) is 0 Å². The summed E-state index contributed by atoms with van der Waals surface area (Å²) in [6.07, 6.45) is 2.38. The molecule has 0 aromatic heterocycles.